The van der Waals surface area contributed by atoms with Crippen LogP contribution in [0.25, 0.3) is 0 Å². The third kappa shape index (κ3) is 6.53. The van der Waals surface area contributed by atoms with Gasteiger partial charge in [0.2, 0.25) is 0 Å². The number of unbranched alkanes of at least 4 members (excludes halogenated alkanes) is 2. The Bertz CT molecular complexity index is 581. The number of hydrogen-bond donors (Lipinski definition) is 1. The van der Waals surface area contributed by atoms with Crippen LogP contribution in [0.15, 0.2) is 48.5 Å². The Balaban J connectivity index is 1.79. The van der Waals surface area contributed by atoms with E-state index in [0.717, 1.165) is 49.8 Å². The molecule has 0 amide bonds. The summed E-state index contributed by atoms with van der Waals surface area (Å²) in [5.74, 6) is 1.86. The Morgan fingerprint density at radius 2 is 1.58 bits per heavy atom. The van der Waals surface area contributed by atoms with Gasteiger partial charge in [0.25, 0.3) is 0 Å². The van der Waals surface area contributed by atoms with E-state index in [9.17, 15) is 0 Å². The van der Waals surface area contributed by atoms with Crippen molar-refractivity contribution in [3.63, 3.8) is 0 Å². The highest BCUT2D eigenvalue weighted by molar-refractivity contribution is 5.48. The third-order valence-electron chi connectivity index (χ3n) is 3.74. The Morgan fingerprint density at radius 3 is 2.33 bits per heavy atom. The zero-order chi connectivity index (χ0) is 17.0. The van der Waals surface area contributed by atoms with E-state index in [4.69, 9.17) is 9.47 Å². The van der Waals surface area contributed by atoms with Gasteiger partial charge in [0.05, 0.1) is 13.2 Å². The van der Waals surface area contributed by atoms with Crippen molar-refractivity contribution in [2.24, 2.45) is 0 Å². The molecule has 0 saturated heterocycles. The third-order valence-corrected chi connectivity index (χ3v) is 3.74. The van der Waals surface area contributed by atoms with Crippen LogP contribution in [0.3, 0.4) is 0 Å². The van der Waals surface area contributed by atoms with E-state index in [1.807, 2.05) is 30.3 Å². The molecule has 0 atom stereocenters. The molecule has 2 rings (SSSR count). The van der Waals surface area contributed by atoms with E-state index < -0.39 is 0 Å². The molecule has 2 aromatic carbocycles. The molecule has 0 bridgehead atoms. The second-order valence-electron chi connectivity index (χ2n) is 5.93. The lowest BCUT2D eigenvalue weighted by atomic mass is 10.2. The number of benzene rings is 2. The van der Waals surface area contributed by atoms with Crippen LogP contribution in [-0.4, -0.2) is 13.2 Å². The zero-order valence-corrected chi connectivity index (χ0v) is 14.9. The maximum absolute atomic E-state index is 5.74. The van der Waals surface area contributed by atoms with Gasteiger partial charge < -0.3 is 14.8 Å². The van der Waals surface area contributed by atoms with Gasteiger partial charge in [0, 0.05) is 18.3 Å². The molecule has 24 heavy (non-hydrogen) atoms. The summed E-state index contributed by atoms with van der Waals surface area (Å²) < 4.78 is 11.4. The standard InChI is InChI=1S/C21H29NO2/c1-3-5-6-15-24-20-12-10-18(11-13-20)17-22-19-8-7-9-21(16-19)23-14-4-2/h7-13,16,22H,3-6,14-15,17H2,1-2H3. The topological polar surface area (TPSA) is 30.5 Å². The molecule has 130 valence electrons. The minimum atomic E-state index is 0.753. The summed E-state index contributed by atoms with van der Waals surface area (Å²) in [5.41, 5.74) is 2.30. The van der Waals surface area contributed by atoms with Crippen LogP contribution in [-0.2, 0) is 6.54 Å². The van der Waals surface area contributed by atoms with Crippen molar-refractivity contribution in [1.29, 1.82) is 0 Å². The lowest BCUT2D eigenvalue weighted by Gasteiger charge is -2.10. The first-order chi connectivity index (χ1) is 11.8. The largest absolute Gasteiger partial charge is 0.494 e. The SMILES string of the molecule is CCCCCOc1ccc(CNc2cccc(OCCC)c2)cc1. The predicted octanol–water partition coefficient (Wildman–Crippen LogP) is 5.66. The molecule has 0 aromatic heterocycles. The van der Waals surface area contributed by atoms with Gasteiger partial charge in [-0.1, -0.05) is 44.9 Å². The minimum Gasteiger partial charge on any atom is -0.494 e. The molecule has 0 aliphatic rings. The molecule has 0 unspecified atom stereocenters. The number of hydrogen-bond acceptors (Lipinski definition) is 3. The lowest BCUT2D eigenvalue weighted by Crippen LogP contribution is -2.01. The molecule has 0 aliphatic carbocycles. The van der Waals surface area contributed by atoms with Crippen molar-refractivity contribution in [3.05, 3.63) is 54.1 Å². The van der Waals surface area contributed by atoms with Gasteiger partial charge in [0.15, 0.2) is 0 Å². The van der Waals surface area contributed by atoms with Gasteiger partial charge in [-0.2, -0.15) is 0 Å². The van der Waals surface area contributed by atoms with Crippen molar-refractivity contribution in [1.82, 2.24) is 0 Å². The highest BCUT2D eigenvalue weighted by Gasteiger charge is 1.99. The van der Waals surface area contributed by atoms with Crippen LogP contribution in [0, 0.1) is 0 Å². The molecular formula is C21H29NO2. The summed E-state index contributed by atoms with van der Waals surface area (Å²) in [5, 5.41) is 3.44. The van der Waals surface area contributed by atoms with Gasteiger partial charge in [-0.25, -0.2) is 0 Å². The highest BCUT2D eigenvalue weighted by atomic mass is 16.5. The fraction of sp³-hybridized carbons (Fsp3) is 0.429. The second kappa shape index (κ2) is 10.6. The van der Waals surface area contributed by atoms with Crippen molar-refractivity contribution in [2.45, 2.75) is 46.1 Å². The number of rotatable bonds is 11. The molecule has 0 radical (unpaired) electrons. The summed E-state index contributed by atoms with van der Waals surface area (Å²) in [4.78, 5) is 0. The molecule has 0 spiro atoms. The number of anilines is 1. The van der Waals surface area contributed by atoms with Crippen LogP contribution in [0.5, 0.6) is 11.5 Å². The molecule has 0 aliphatic heterocycles. The van der Waals surface area contributed by atoms with E-state index in [0.29, 0.717) is 0 Å². The van der Waals surface area contributed by atoms with E-state index in [1.54, 1.807) is 0 Å². The van der Waals surface area contributed by atoms with Crippen LogP contribution in [0.2, 0.25) is 0 Å². The van der Waals surface area contributed by atoms with Crippen LogP contribution >= 0.6 is 0 Å². The predicted molar refractivity (Wildman–Crippen MR) is 101 cm³/mol. The summed E-state index contributed by atoms with van der Waals surface area (Å²) in [6, 6.07) is 16.4. The average molecular weight is 327 g/mol. The van der Waals surface area contributed by atoms with Gasteiger partial charge in [-0.05, 0) is 42.7 Å². The molecular weight excluding hydrogens is 298 g/mol. The first kappa shape index (κ1) is 18.2. The molecule has 3 nitrogen and oxygen atoms in total. The lowest BCUT2D eigenvalue weighted by molar-refractivity contribution is 0.306. The minimum absolute atomic E-state index is 0.753. The first-order valence-corrected chi connectivity index (χ1v) is 9.00. The van der Waals surface area contributed by atoms with E-state index in [-0.39, 0.29) is 0 Å². The van der Waals surface area contributed by atoms with Crippen LogP contribution < -0.4 is 14.8 Å². The summed E-state index contributed by atoms with van der Waals surface area (Å²) >= 11 is 0. The van der Waals surface area contributed by atoms with Gasteiger partial charge in [-0.3, -0.25) is 0 Å². The van der Waals surface area contributed by atoms with Crippen molar-refractivity contribution in [2.75, 3.05) is 18.5 Å². The van der Waals surface area contributed by atoms with E-state index >= 15 is 0 Å². The van der Waals surface area contributed by atoms with Crippen molar-refractivity contribution < 1.29 is 9.47 Å². The molecule has 2 aromatic rings. The number of ether oxygens (including phenoxy) is 2. The zero-order valence-electron chi connectivity index (χ0n) is 14.9. The maximum Gasteiger partial charge on any atom is 0.121 e. The average Bonchev–Trinajstić information content (AvgIpc) is 2.63. The summed E-state index contributed by atoms with van der Waals surface area (Å²) in [6.07, 6.45) is 4.59. The second-order valence-corrected chi connectivity index (χ2v) is 5.93. The molecule has 0 saturated carbocycles. The van der Waals surface area contributed by atoms with Crippen molar-refractivity contribution in [3.8, 4) is 11.5 Å². The van der Waals surface area contributed by atoms with Crippen molar-refractivity contribution >= 4 is 5.69 Å². The smallest absolute Gasteiger partial charge is 0.121 e. The number of nitrogens with one attached hydrogen (secondary N) is 1. The van der Waals surface area contributed by atoms with Crippen LogP contribution in [0.4, 0.5) is 5.69 Å². The van der Waals surface area contributed by atoms with Gasteiger partial charge in [0.1, 0.15) is 11.5 Å². The normalized spacial score (nSPS) is 10.4. The monoisotopic (exact) mass is 327 g/mol. The summed E-state index contributed by atoms with van der Waals surface area (Å²) in [6.45, 7) is 6.65. The highest BCUT2D eigenvalue weighted by Crippen LogP contribution is 2.19. The quantitative estimate of drug-likeness (QED) is 0.540. The fourth-order valence-corrected chi connectivity index (χ4v) is 2.37. The molecule has 0 heterocycles. The maximum atomic E-state index is 5.74. The molecule has 0 fully saturated rings. The van der Waals surface area contributed by atoms with Gasteiger partial charge in [-0.15, -0.1) is 0 Å². The Morgan fingerprint density at radius 1 is 0.792 bits per heavy atom. The Kier molecular flexibility index (Phi) is 8.02. The first-order valence-electron chi connectivity index (χ1n) is 9.00. The molecule has 1 N–H and O–H groups in total. The van der Waals surface area contributed by atoms with Crippen LogP contribution in [0.1, 0.15) is 45.1 Å². The molecule has 3 heteroatoms. The fourth-order valence-electron chi connectivity index (χ4n) is 2.37. The summed E-state index contributed by atoms with van der Waals surface area (Å²) in [7, 11) is 0. The Hall–Kier alpha value is -2.16. The van der Waals surface area contributed by atoms with Gasteiger partial charge >= 0.3 is 0 Å². The Labute approximate surface area is 146 Å². The van der Waals surface area contributed by atoms with E-state index in [1.165, 1.54) is 18.4 Å². The van der Waals surface area contributed by atoms with E-state index in [2.05, 4.69) is 37.4 Å².